The van der Waals surface area contributed by atoms with Gasteiger partial charge in [0.15, 0.2) is 10.9 Å². The summed E-state index contributed by atoms with van der Waals surface area (Å²) < 4.78 is 0.937. The van der Waals surface area contributed by atoms with Gasteiger partial charge < -0.3 is 10.6 Å². The highest BCUT2D eigenvalue weighted by molar-refractivity contribution is 9.10. The Labute approximate surface area is 206 Å². The first-order chi connectivity index (χ1) is 15.4. The molecule has 166 valence electrons. The third kappa shape index (κ3) is 7.25. The summed E-state index contributed by atoms with van der Waals surface area (Å²) in [5, 5.41) is 12.8. The summed E-state index contributed by atoms with van der Waals surface area (Å²) in [4.78, 5) is 16.6. The molecule has 2 aromatic carbocycles. The van der Waals surface area contributed by atoms with Crippen LogP contribution in [0, 0.1) is 0 Å². The van der Waals surface area contributed by atoms with Gasteiger partial charge in [0.1, 0.15) is 0 Å². The molecule has 0 radical (unpaired) electrons. The quantitative estimate of drug-likeness (QED) is 0.110. The molecule has 0 unspecified atom stereocenters. The number of hydrogen-bond donors (Lipinski definition) is 3. The van der Waals surface area contributed by atoms with E-state index in [-0.39, 0.29) is 12.2 Å². The maximum absolute atomic E-state index is 12.3. The van der Waals surface area contributed by atoms with Crippen molar-refractivity contribution in [1.82, 2.24) is 15.7 Å². The molecule has 0 aliphatic heterocycles. The van der Waals surface area contributed by atoms with Crippen LogP contribution in [0.15, 0.2) is 64.3 Å². The Balaban J connectivity index is 1.37. The number of rotatable bonds is 9. The van der Waals surface area contributed by atoms with Crippen molar-refractivity contribution in [3.8, 4) is 0 Å². The molecule has 3 rings (SSSR count). The zero-order valence-corrected chi connectivity index (χ0v) is 20.6. The Morgan fingerprint density at radius 3 is 2.72 bits per heavy atom. The molecule has 3 N–H and O–H groups in total. The van der Waals surface area contributed by atoms with Crippen LogP contribution in [-0.2, 0) is 0 Å². The predicted octanol–water partition coefficient (Wildman–Crippen LogP) is 5.57. The predicted molar refractivity (Wildman–Crippen MR) is 140 cm³/mol. The molecule has 0 bridgehead atoms. The highest BCUT2D eigenvalue weighted by Crippen LogP contribution is 2.24. The van der Waals surface area contributed by atoms with E-state index in [1.807, 2.05) is 36.4 Å². The monoisotopic (exact) mass is 531 g/mol. The molecule has 0 saturated carbocycles. The zero-order valence-electron chi connectivity index (χ0n) is 17.5. The first-order valence-corrected chi connectivity index (χ1v) is 11.6. The van der Waals surface area contributed by atoms with E-state index in [2.05, 4.69) is 42.1 Å². The fraction of sp³-hybridized carbons (Fsp3) is 0.217. The highest BCUT2D eigenvalue weighted by atomic mass is 79.9. The average molecular weight is 533 g/mol. The number of hydrazone groups is 1. The Morgan fingerprint density at radius 2 is 1.94 bits per heavy atom. The molecule has 32 heavy (non-hydrogen) atoms. The standard InChI is InChI=1S/C23H23BrClN5OS/c1-15(13-22(31)16-3-5-17(24)6-4-16)29-30-23(32)28-11-2-10-26-20-9-12-27-21-14-18(25)7-8-19(20)21/h3-9,12,14H,2,10-11,13H2,1H3,(H,26,27)(H2,28,30,32)/b29-15+. The Hall–Kier alpha value is -2.55. The average Bonchev–Trinajstić information content (AvgIpc) is 2.77. The van der Waals surface area contributed by atoms with Gasteiger partial charge in [0, 0.05) is 51.1 Å². The number of nitrogens with zero attached hydrogens (tertiary/aromatic N) is 2. The van der Waals surface area contributed by atoms with Crippen LogP contribution >= 0.6 is 39.7 Å². The lowest BCUT2D eigenvalue weighted by atomic mass is 10.1. The summed E-state index contributed by atoms with van der Waals surface area (Å²) in [5.74, 6) is 0.0106. The van der Waals surface area contributed by atoms with E-state index in [0.29, 0.717) is 28.0 Å². The molecule has 1 heterocycles. The van der Waals surface area contributed by atoms with Crippen LogP contribution < -0.4 is 16.1 Å². The van der Waals surface area contributed by atoms with Gasteiger partial charge in [0.05, 0.1) is 11.9 Å². The summed E-state index contributed by atoms with van der Waals surface area (Å²) in [5.41, 5.74) is 5.98. The van der Waals surface area contributed by atoms with Crippen LogP contribution in [0.5, 0.6) is 0 Å². The number of benzene rings is 2. The first-order valence-electron chi connectivity index (χ1n) is 10.1. The van der Waals surface area contributed by atoms with Crippen molar-refractivity contribution in [1.29, 1.82) is 0 Å². The normalized spacial score (nSPS) is 11.3. The molecular formula is C23H23BrClN5OS. The third-order valence-corrected chi connectivity index (χ3v) is 5.59. The van der Waals surface area contributed by atoms with Crippen LogP contribution in [0.1, 0.15) is 30.1 Å². The number of ketones is 1. The van der Waals surface area contributed by atoms with E-state index in [9.17, 15) is 4.79 Å². The Morgan fingerprint density at radius 1 is 1.16 bits per heavy atom. The number of aromatic nitrogens is 1. The molecule has 1 aromatic heterocycles. The smallest absolute Gasteiger partial charge is 0.186 e. The number of thiocarbonyl (C=S) groups is 1. The summed E-state index contributed by atoms with van der Waals surface area (Å²) in [7, 11) is 0. The number of carbonyl (C=O) groups excluding carboxylic acids is 1. The van der Waals surface area contributed by atoms with E-state index < -0.39 is 0 Å². The van der Waals surface area contributed by atoms with Gasteiger partial charge in [0.2, 0.25) is 0 Å². The number of fused-ring (bicyclic) bond motifs is 1. The van der Waals surface area contributed by atoms with Gasteiger partial charge in [0.25, 0.3) is 0 Å². The lowest BCUT2D eigenvalue weighted by molar-refractivity contribution is 0.100. The molecule has 6 nitrogen and oxygen atoms in total. The van der Waals surface area contributed by atoms with E-state index in [1.54, 1.807) is 25.3 Å². The summed E-state index contributed by atoms with van der Waals surface area (Å²) in [6, 6.07) is 14.9. The fourth-order valence-corrected chi connectivity index (χ4v) is 3.56. The largest absolute Gasteiger partial charge is 0.384 e. The number of pyridine rings is 1. The number of hydrogen-bond acceptors (Lipinski definition) is 5. The molecule has 0 spiro atoms. The second-order valence-electron chi connectivity index (χ2n) is 7.12. The molecule has 9 heteroatoms. The van der Waals surface area contributed by atoms with E-state index >= 15 is 0 Å². The summed E-state index contributed by atoms with van der Waals surface area (Å²) in [6.07, 6.45) is 2.84. The van der Waals surface area contributed by atoms with Crippen molar-refractivity contribution in [3.63, 3.8) is 0 Å². The third-order valence-electron chi connectivity index (χ3n) is 4.59. The Bertz CT molecular complexity index is 1140. The second kappa shape index (κ2) is 11.9. The van der Waals surface area contributed by atoms with Crippen LogP contribution in [0.25, 0.3) is 10.9 Å². The van der Waals surface area contributed by atoms with Crippen molar-refractivity contribution in [2.45, 2.75) is 19.8 Å². The lowest BCUT2D eigenvalue weighted by Gasteiger charge is -2.11. The van der Waals surface area contributed by atoms with Crippen molar-refractivity contribution >= 4 is 72.9 Å². The van der Waals surface area contributed by atoms with Gasteiger partial charge in [-0.1, -0.05) is 39.7 Å². The lowest BCUT2D eigenvalue weighted by Crippen LogP contribution is -2.34. The van der Waals surface area contributed by atoms with Gasteiger partial charge in [-0.3, -0.25) is 15.2 Å². The van der Waals surface area contributed by atoms with Crippen molar-refractivity contribution in [2.24, 2.45) is 5.10 Å². The second-order valence-corrected chi connectivity index (χ2v) is 8.88. The Kier molecular flexibility index (Phi) is 8.96. The number of anilines is 1. The van der Waals surface area contributed by atoms with Gasteiger partial charge in [-0.15, -0.1) is 0 Å². The number of carbonyl (C=O) groups is 1. The van der Waals surface area contributed by atoms with Crippen molar-refractivity contribution in [3.05, 3.63) is 69.8 Å². The SMILES string of the molecule is C/C(CC(=O)c1ccc(Br)cc1)=N\NC(=S)NCCCNc1ccnc2cc(Cl)ccc12. The minimum Gasteiger partial charge on any atom is -0.384 e. The topological polar surface area (TPSA) is 78.4 Å². The van der Waals surface area contributed by atoms with Gasteiger partial charge >= 0.3 is 0 Å². The molecule has 0 aliphatic carbocycles. The molecule has 0 atom stereocenters. The summed E-state index contributed by atoms with van der Waals surface area (Å²) >= 11 is 14.6. The first kappa shape index (κ1) is 24.1. The number of halogens is 2. The molecule has 0 aliphatic rings. The number of nitrogens with one attached hydrogen (secondary N) is 3. The van der Waals surface area contributed by atoms with Gasteiger partial charge in [-0.25, -0.2) is 0 Å². The number of Topliss-reactive ketones (excluding diaryl/α,β-unsaturated/α-hetero) is 1. The highest BCUT2D eigenvalue weighted by Gasteiger charge is 2.08. The van der Waals surface area contributed by atoms with Crippen LogP contribution in [0.4, 0.5) is 5.69 Å². The molecular weight excluding hydrogens is 510 g/mol. The molecule has 0 amide bonds. The minimum absolute atomic E-state index is 0.0106. The minimum atomic E-state index is 0.0106. The molecule has 0 fully saturated rings. The molecule has 3 aromatic rings. The summed E-state index contributed by atoms with van der Waals surface area (Å²) in [6.45, 7) is 3.24. The van der Waals surface area contributed by atoms with E-state index in [4.69, 9.17) is 23.8 Å². The van der Waals surface area contributed by atoms with Crippen LogP contribution in [0.2, 0.25) is 5.02 Å². The van der Waals surface area contributed by atoms with Crippen molar-refractivity contribution < 1.29 is 4.79 Å². The molecule has 0 saturated heterocycles. The fourth-order valence-electron chi connectivity index (χ4n) is 2.98. The van der Waals surface area contributed by atoms with Gasteiger partial charge in [-0.05, 0) is 62.0 Å². The van der Waals surface area contributed by atoms with E-state index in [0.717, 1.165) is 34.0 Å². The van der Waals surface area contributed by atoms with Gasteiger partial charge in [-0.2, -0.15) is 5.10 Å². The maximum atomic E-state index is 12.3. The van der Waals surface area contributed by atoms with Crippen LogP contribution in [0.3, 0.4) is 0 Å². The zero-order chi connectivity index (χ0) is 22.9. The van der Waals surface area contributed by atoms with E-state index in [1.165, 1.54) is 0 Å². The van der Waals surface area contributed by atoms with Crippen LogP contribution in [-0.4, -0.2) is 34.7 Å². The van der Waals surface area contributed by atoms with Crippen molar-refractivity contribution in [2.75, 3.05) is 18.4 Å². The maximum Gasteiger partial charge on any atom is 0.186 e.